The highest BCUT2D eigenvalue weighted by atomic mass is 32.1. The highest BCUT2D eigenvalue weighted by Crippen LogP contribution is 1.96. The van der Waals surface area contributed by atoms with Crippen LogP contribution in [-0.4, -0.2) is 67.3 Å². The smallest absolute Gasteiger partial charge is 0.166 e. The molecular weight excluding hydrogens is 316 g/mol. The molecule has 0 atom stereocenters. The summed E-state index contributed by atoms with van der Waals surface area (Å²) in [4.78, 5) is 5.10. The third-order valence-electron chi connectivity index (χ3n) is 4.03. The van der Waals surface area contributed by atoms with Gasteiger partial charge in [-0.2, -0.15) is 0 Å². The monoisotopic (exact) mass is 358 g/mol. The zero-order chi connectivity index (χ0) is 18.0. The molecule has 0 aliphatic heterocycles. The quantitative estimate of drug-likeness (QED) is 0.326. The zero-order valence-electron chi connectivity index (χ0n) is 16.7. The molecule has 4 nitrogen and oxygen atoms in total. The van der Waals surface area contributed by atoms with E-state index in [9.17, 15) is 0 Å². The fourth-order valence-corrected chi connectivity index (χ4v) is 3.21. The molecule has 0 rings (SSSR count). The lowest BCUT2D eigenvalue weighted by atomic mass is 10.3. The van der Waals surface area contributed by atoms with Crippen molar-refractivity contribution in [2.45, 2.75) is 66.2 Å². The molecule has 0 aliphatic rings. The Morgan fingerprint density at radius 1 is 0.625 bits per heavy atom. The first kappa shape index (κ1) is 23.6. The Hall–Kier alpha value is -0.390. The number of hydrogen-bond donors (Lipinski definition) is 2. The average Bonchev–Trinajstić information content (AvgIpc) is 2.56. The molecule has 0 spiro atoms. The predicted octanol–water partition coefficient (Wildman–Crippen LogP) is 3.47. The minimum atomic E-state index is 0.810. The molecule has 0 aromatic heterocycles. The molecule has 0 unspecified atom stereocenters. The maximum absolute atomic E-state index is 5.37. The normalized spacial score (nSPS) is 11.2. The van der Waals surface area contributed by atoms with Crippen molar-refractivity contribution in [1.82, 2.24) is 20.4 Å². The van der Waals surface area contributed by atoms with E-state index >= 15 is 0 Å². The molecule has 24 heavy (non-hydrogen) atoms. The highest BCUT2D eigenvalue weighted by molar-refractivity contribution is 7.80. The van der Waals surface area contributed by atoms with Crippen molar-refractivity contribution in [2.24, 2.45) is 0 Å². The SMILES string of the molecule is CCCN(CCC)CCCNC(=S)NCCCN(CCC)CCC. The molecule has 0 radical (unpaired) electrons. The lowest BCUT2D eigenvalue weighted by Crippen LogP contribution is -2.38. The molecule has 5 heteroatoms. The summed E-state index contributed by atoms with van der Waals surface area (Å²) in [7, 11) is 0. The van der Waals surface area contributed by atoms with Gasteiger partial charge >= 0.3 is 0 Å². The van der Waals surface area contributed by atoms with Crippen LogP contribution < -0.4 is 10.6 Å². The van der Waals surface area contributed by atoms with Crippen LogP contribution in [0, 0.1) is 0 Å². The van der Waals surface area contributed by atoms with E-state index in [1.165, 1.54) is 65.0 Å². The standard InChI is InChI=1S/C19H42N4S/c1-5-13-22(14-6-2)17-9-11-20-19(24)21-12-10-18-23(15-7-3)16-8-4/h5-18H2,1-4H3,(H2,20,21,24). The van der Waals surface area contributed by atoms with E-state index in [0.717, 1.165) is 31.0 Å². The summed E-state index contributed by atoms with van der Waals surface area (Å²) < 4.78 is 0. The van der Waals surface area contributed by atoms with Gasteiger partial charge in [-0.1, -0.05) is 27.7 Å². The van der Waals surface area contributed by atoms with Crippen molar-refractivity contribution < 1.29 is 0 Å². The number of hydrogen-bond acceptors (Lipinski definition) is 3. The maximum atomic E-state index is 5.37. The molecule has 0 bridgehead atoms. The summed E-state index contributed by atoms with van der Waals surface area (Å²) in [5, 5.41) is 7.49. The number of thiocarbonyl (C=S) groups is 1. The Morgan fingerprint density at radius 3 is 1.25 bits per heavy atom. The van der Waals surface area contributed by atoms with E-state index < -0.39 is 0 Å². The van der Waals surface area contributed by atoms with Crippen molar-refractivity contribution in [2.75, 3.05) is 52.4 Å². The fourth-order valence-electron chi connectivity index (χ4n) is 3.01. The average molecular weight is 359 g/mol. The Bertz CT molecular complexity index is 249. The molecule has 0 fully saturated rings. The Kier molecular flexibility index (Phi) is 17.2. The molecule has 0 saturated heterocycles. The number of nitrogens with one attached hydrogen (secondary N) is 2. The second-order valence-electron chi connectivity index (χ2n) is 6.57. The molecule has 144 valence electrons. The van der Waals surface area contributed by atoms with Crippen LogP contribution in [-0.2, 0) is 0 Å². The van der Waals surface area contributed by atoms with E-state index in [1.807, 2.05) is 0 Å². The van der Waals surface area contributed by atoms with Crippen LogP contribution in [0.2, 0.25) is 0 Å². The molecule has 0 aromatic carbocycles. The summed E-state index contributed by atoms with van der Waals surface area (Å²) in [6.07, 6.45) is 7.26. The Balaban J connectivity index is 3.64. The molecule has 0 aliphatic carbocycles. The molecule has 0 saturated carbocycles. The van der Waals surface area contributed by atoms with Crippen molar-refractivity contribution in [3.8, 4) is 0 Å². The minimum Gasteiger partial charge on any atom is -0.363 e. The van der Waals surface area contributed by atoms with Gasteiger partial charge in [0.15, 0.2) is 5.11 Å². The third kappa shape index (κ3) is 14.0. The van der Waals surface area contributed by atoms with Crippen molar-refractivity contribution in [3.05, 3.63) is 0 Å². The molecular formula is C19H42N4S. The van der Waals surface area contributed by atoms with Gasteiger partial charge in [0, 0.05) is 13.1 Å². The summed E-state index contributed by atoms with van der Waals surface area (Å²) >= 11 is 5.37. The van der Waals surface area contributed by atoms with Gasteiger partial charge in [-0.25, -0.2) is 0 Å². The summed E-state index contributed by atoms with van der Waals surface area (Å²) in [5.74, 6) is 0. The van der Waals surface area contributed by atoms with Crippen molar-refractivity contribution in [3.63, 3.8) is 0 Å². The Labute approximate surface area is 156 Å². The van der Waals surface area contributed by atoms with E-state index in [1.54, 1.807) is 0 Å². The van der Waals surface area contributed by atoms with Gasteiger partial charge in [0.1, 0.15) is 0 Å². The second kappa shape index (κ2) is 17.4. The van der Waals surface area contributed by atoms with E-state index in [2.05, 4.69) is 48.1 Å². The number of nitrogens with zero attached hydrogens (tertiary/aromatic N) is 2. The van der Waals surface area contributed by atoms with Gasteiger partial charge in [-0.15, -0.1) is 0 Å². The predicted molar refractivity (Wildman–Crippen MR) is 112 cm³/mol. The summed E-state index contributed by atoms with van der Waals surface area (Å²) in [6.45, 7) is 18.1. The van der Waals surface area contributed by atoms with Crippen molar-refractivity contribution >= 4 is 17.3 Å². The molecule has 0 amide bonds. The topological polar surface area (TPSA) is 30.5 Å². The van der Waals surface area contributed by atoms with Crippen LogP contribution >= 0.6 is 12.2 Å². The summed E-state index contributed by atoms with van der Waals surface area (Å²) in [5.41, 5.74) is 0. The maximum Gasteiger partial charge on any atom is 0.166 e. The van der Waals surface area contributed by atoms with Gasteiger partial charge in [0.05, 0.1) is 0 Å². The van der Waals surface area contributed by atoms with Crippen LogP contribution in [0.5, 0.6) is 0 Å². The molecule has 0 heterocycles. The largest absolute Gasteiger partial charge is 0.363 e. The third-order valence-corrected chi connectivity index (χ3v) is 4.32. The van der Waals surface area contributed by atoms with Gasteiger partial charge < -0.3 is 20.4 Å². The lowest BCUT2D eigenvalue weighted by molar-refractivity contribution is 0.271. The van der Waals surface area contributed by atoms with Gasteiger partial charge in [-0.05, 0) is 90.0 Å². The fraction of sp³-hybridized carbons (Fsp3) is 0.947. The van der Waals surface area contributed by atoms with E-state index in [0.29, 0.717) is 0 Å². The lowest BCUT2D eigenvalue weighted by Gasteiger charge is -2.21. The zero-order valence-corrected chi connectivity index (χ0v) is 17.5. The first-order valence-corrected chi connectivity index (χ1v) is 10.5. The van der Waals surface area contributed by atoms with E-state index in [-0.39, 0.29) is 0 Å². The van der Waals surface area contributed by atoms with Gasteiger partial charge in [0.2, 0.25) is 0 Å². The number of rotatable bonds is 16. The van der Waals surface area contributed by atoms with Crippen molar-refractivity contribution in [1.29, 1.82) is 0 Å². The van der Waals surface area contributed by atoms with Gasteiger partial charge in [-0.3, -0.25) is 0 Å². The Morgan fingerprint density at radius 2 is 0.958 bits per heavy atom. The van der Waals surface area contributed by atoms with Gasteiger partial charge in [0.25, 0.3) is 0 Å². The molecule has 2 N–H and O–H groups in total. The van der Waals surface area contributed by atoms with Crippen LogP contribution in [0.3, 0.4) is 0 Å². The van der Waals surface area contributed by atoms with Crippen LogP contribution in [0.1, 0.15) is 66.2 Å². The van der Waals surface area contributed by atoms with E-state index in [4.69, 9.17) is 12.2 Å². The van der Waals surface area contributed by atoms with Crippen LogP contribution in [0.4, 0.5) is 0 Å². The minimum absolute atomic E-state index is 0.810. The van der Waals surface area contributed by atoms with Crippen LogP contribution in [0.15, 0.2) is 0 Å². The van der Waals surface area contributed by atoms with Crippen LogP contribution in [0.25, 0.3) is 0 Å². The molecule has 0 aromatic rings. The summed E-state index contributed by atoms with van der Waals surface area (Å²) in [6, 6.07) is 0. The first-order valence-electron chi connectivity index (χ1n) is 10.1. The second-order valence-corrected chi connectivity index (χ2v) is 6.98. The highest BCUT2D eigenvalue weighted by Gasteiger charge is 2.03. The first-order chi connectivity index (χ1) is 11.7.